The first kappa shape index (κ1) is 7.73. The van der Waals surface area contributed by atoms with Crippen LogP contribution in [0, 0.1) is 6.92 Å². The van der Waals surface area contributed by atoms with E-state index in [1.165, 1.54) is 0 Å². The summed E-state index contributed by atoms with van der Waals surface area (Å²) in [5, 5.41) is 4.25. The van der Waals surface area contributed by atoms with Crippen molar-refractivity contribution < 1.29 is 0 Å². The van der Waals surface area contributed by atoms with Crippen molar-refractivity contribution in [1.29, 1.82) is 0 Å². The van der Waals surface area contributed by atoms with Gasteiger partial charge in [-0.3, -0.25) is 9.78 Å². The van der Waals surface area contributed by atoms with E-state index in [1.54, 1.807) is 10.6 Å². The number of aromatic amines is 1. The van der Waals surface area contributed by atoms with Crippen LogP contribution in [-0.4, -0.2) is 19.6 Å². The molecule has 2 aromatic heterocycles. The molecule has 5 nitrogen and oxygen atoms in total. The van der Waals surface area contributed by atoms with Crippen molar-refractivity contribution in [2.75, 3.05) is 0 Å². The molecule has 2 heterocycles. The van der Waals surface area contributed by atoms with Gasteiger partial charge in [-0.15, -0.1) is 0 Å². The summed E-state index contributed by atoms with van der Waals surface area (Å²) in [5.74, 6) is 1.74. The third-order valence-electron chi connectivity index (χ3n) is 2.47. The molecular weight excluding hydrogens is 180 g/mol. The number of hydrogen-bond donors (Lipinski definition) is 1. The highest BCUT2D eigenvalue weighted by Crippen LogP contribution is 2.39. The number of rotatable bonds is 1. The number of nitrogens with one attached hydrogen (secondary N) is 1. The summed E-state index contributed by atoms with van der Waals surface area (Å²) in [6.45, 7) is 1.82. The minimum Gasteiger partial charge on any atom is -0.291 e. The molecule has 14 heavy (non-hydrogen) atoms. The summed E-state index contributed by atoms with van der Waals surface area (Å²) >= 11 is 0. The van der Waals surface area contributed by atoms with Gasteiger partial charge in [0.05, 0.1) is 5.69 Å². The van der Waals surface area contributed by atoms with Gasteiger partial charge < -0.3 is 0 Å². The van der Waals surface area contributed by atoms with Gasteiger partial charge in [-0.25, -0.2) is 4.52 Å². The van der Waals surface area contributed by atoms with Crippen molar-refractivity contribution in [3.63, 3.8) is 0 Å². The molecule has 0 atom stereocenters. The van der Waals surface area contributed by atoms with E-state index in [-0.39, 0.29) is 5.56 Å². The fraction of sp³-hybridized carbons (Fsp3) is 0.444. The highest BCUT2D eigenvalue weighted by atomic mass is 16.1. The van der Waals surface area contributed by atoms with Crippen LogP contribution in [-0.2, 0) is 0 Å². The van der Waals surface area contributed by atoms with Gasteiger partial charge in [0.2, 0.25) is 5.78 Å². The Kier molecular flexibility index (Phi) is 1.34. The fourth-order valence-electron chi connectivity index (χ4n) is 1.69. The molecule has 0 amide bonds. The lowest BCUT2D eigenvalue weighted by molar-refractivity contribution is 0.824. The maximum Gasteiger partial charge on any atom is 0.252 e. The van der Waals surface area contributed by atoms with Crippen LogP contribution in [0.15, 0.2) is 10.9 Å². The zero-order valence-electron chi connectivity index (χ0n) is 7.82. The van der Waals surface area contributed by atoms with Gasteiger partial charge in [0.25, 0.3) is 5.56 Å². The molecule has 0 radical (unpaired) electrons. The summed E-state index contributed by atoms with van der Waals surface area (Å²) in [4.78, 5) is 18.1. The van der Waals surface area contributed by atoms with Crippen molar-refractivity contribution in [2.24, 2.45) is 0 Å². The fourth-order valence-corrected chi connectivity index (χ4v) is 1.69. The Labute approximate surface area is 79.8 Å². The van der Waals surface area contributed by atoms with Crippen LogP contribution >= 0.6 is 0 Å². The van der Waals surface area contributed by atoms with E-state index in [2.05, 4.69) is 15.1 Å². The van der Waals surface area contributed by atoms with Crippen LogP contribution in [0.2, 0.25) is 0 Å². The molecule has 0 unspecified atom stereocenters. The monoisotopic (exact) mass is 190 g/mol. The maximum absolute atomic E-state index is 11.3. The Hall–Kier alpha value is -1.65. The molecule has 1 fully saturated rings. The van der Waals surface area contributed by atoms with E-state index in [0.29, 0.717) is 17.5 Å². The van der Waals surface area contributed by atoms with Crippen molar-refractivity contribution in [3.05, 3.63) is 27.9 Å². The Bertz CT molecular complexity index is 549. The molecule has 2 aromatic rings. The van der Waals surface area contributed by atoms with E-state index in [1.807, 2.05) is 6.92 Å². The van der Waals surface area contributed by atoms with E-state index in [4.69, 9.17) is 0 Å². The van der Waals surface area contributed by atoms with Gasteiger partial charge in [0, 0.05) is 12.0 Å². The Morgan fingerprint density at radius 3 is 3.07 bits per heavy atom. The van der Waals surface area contributed by atoms with Crippen molar-refractivity contribution >= 4 is 5.78 Å². The maximum atomic E-state index is 11.3. The smallest absolute Gasteiger partial charge is 0.252 e. The lowest BCUT2D eigenvalue weighted by Crippen LogP contribution is -2.11. The lowest BCUT2D eigenvalue weighted by atomic mass is 10.3. The van der Waals surface area contributed by atoms with Crippen LogP contribution in [0.5, 0.6) is 0 Å². The highest BCUT2D eigenvalue weighted by Gasteiger charge is 2.27. The predicted octanol–water partition coefficient (Wildman–Crippen LogP) is 0.603. The molecule has 1 aliphatic rings. The van der Waals surface area contributed by atoms with Crippen LogP contribution in [0.25, 0.3) is 5.78 Å². The van der Waals surface area contributed by atoms with Crippen molar-refractivity contribution in [1.82, 2.24) is 19.6 Å². The summed E-state index contributed by atoms with van der Waals surface area (Å²) in [5.41, 5.74) is 0.899. The first-order chi connectivity index (χ1) is 6.74. The topological polar surface area (TPSA) is 63.0 Å². The van der Waals surface area contributed by atoms with Crippen LogP contribution in [0.3, 0.4) is 0 Å². The van der Waals surface area contributed by atoms with Gasteiger partial charge in [-0.2, -0.15) is 10.1 Å². The predicted molar refractivity (Wildman–Crippen MR) is 50.3 cm³/mol. The third kappa shape index (κ3) is 1.05. The van der Waals surface area contributed by atoms with Crippen LogP contribution in [0.1, 0.15) is 30.3 Å². The van der Waals surface area contributed by atoms with Crippen LogP contribution in [0.4, 0.5) is 0 Å². The van der Waals surface area contributed by atoms with E-state index in [9.17, 15) is 4.79 Å². The minimum absolute atomic E-state index is 0.0909. The summed E-state index contributed by atoms with van der Waals surface area (Å²) in [6.07, 6.45) is 2.30. The molecule has 0 spiro atoms. The zero-order chi connectivity index (χ0) is 9.71. The number of aromatic nitrogens is 4. The molecule has 3 rings (SSSR count). The molecule has 0 aliphatic heterocycles. The van der Waals surface area contributed by atoms with E-state index in [0.717, 1.165) is 18.5 Å². The van der Waals surface area contributed by atoms with E-state index < -0.39 is 0 Å². The zero-order valence-corrected chi connectivity index (χ0v) is 7.82. The van der Waals surface area contributed by atoms with Crippen molar-refractivity contribution in [2.45, 2.75) is 25.7 Å². The molecule has 0 saturated heterocycles. The molecule has 72 valence electrons. The number of fused-ring (bicyclic) bond motifs is 1. The largest absolute Gasteiger partial charge is 0.291 e. The Morgan fingerprint density at radius 2 is 2.36 bits per heavy atom. The van der Waals surface area contributed by atoms with Crippen molar-refractivity contribution in [3.8, 4) is 0 Å². The standard InChI is InChI=1S/C9H10N4O/c1-5-10-9-11-8(14)4-7(6-2-3-6)13(9)12-5/h4,6H,2-3H2,1H3,(H,10,11,12,14). The van der Waals surface area contributed by atoms with Crippen LogP contribution < -0.4 is 5.56 Å². The first-order valence-electron chi connectivity index (χ1n) is 4.70. The average Bonchev–Trinajstić information content (AvgIpc) is 2.87. The molecule has 1 saturated carbocycles. The minimum atomic E-state index is -0.0909. The second kappa shape index (κ2) is 2.43. The number of aryl methyl sites for hydroxylation is 1. The quantitative estimate of drug-likeness (QED) is 0.716. The molecule has 0 aromatic carbocycles. The highest BCUT2D eigenvalue weighted by molar-refractivity contribution is 5.31. The Balaban J connectivity index is 2.39. The molecule has 1 N–H and O–H groups in total. The van der Waals surface area contributed by atoms with E-state index >= 15 is 0 Å². The second-order valence-corrected chi connectivity index (χ2v) is 3.73. The first-order valence-corrected chi connectivity index (χ1v) is 4.70. The number of nitrogens with zero attached hydrogens (tertiary/aromatic N) is 3. The second-order valence-electron chi connectivity index (χ2n) is 3.73. The third-order valence-corrected chi connectivity index (χ3v) is 2.47. The van der Waals surface area contributed by atoms with Gasteiger partial charge in [0.1, 0.15) is 5.82 Å². The Morgan fingerprint density at radius 1 is 1.57 bits per heavy atom. The molecular formula is C9H10N4O. The molecule has 5 heteroatoms. The van der Waals surface area contributed by atoms with Gasteiger partial charge in [-0.05, 0) is 19.8 Å². The SMILES string of the molecule is Cc1nc2[nH]c(=O)cc(C3CC3)n2n1. The number of H-pyrrole nitrogens is 1. The summed E-state index contributed by atoms with van der Waals surface area (Å²) in [7, 11) is 0. The van der Waals surface area contributed by atoms with Gasteiger partial charge >= 0.3 is 0 Å². The summed E-state index contributed by atoms with van der Waals surface area (Å²) in [6, 6.07) is 1.62. The molecule has 1 aliphatic carbocycles. The normalized spacial score (nSPS) is 16.4. The van der Waals surface area contributed by atoms with Gasteiger partial charge in [-0.1, -0.05) is 0 Å². The van der Waals surface area contributed by atoms with Gasteiger partial charge in [0.15, 0.2) is 0 Å². The summed E-state index contributed by atoms with van der Waals surface area (Å²) < 4.78 is 1.74. The number of hydrogen-bond acceptors (Lipinski definition) is 3. The molecule has 0 bridgehead atoms. The lowest BCUT2D eigenvalue weighted by Gasteiger charge is -1.99. The average molecular weight is 190 g/mol.